The topological polar surface area (TPSA) is 95.1 Å². The molecule has 5 rings (SSSR count). The number of hydrogen-bond donors (Lipinski definition) is 2. The zero-order valence-electron chi connectivity index (χ0n) is 21.3. The molecule has 0 radical (unpaired) electrons. The van der Waals surface area contributed by atoms with Gasteiger partial charge in [0.1, 0.15) is 22.3 Å². The van der Waals surface area contributed by atoms with Gasteiger partial charge in [0.15, 0.2) is 11.5 Å². The highest BCUT2D eigenvalue weighted by Gasteiger charge is 2.24. The standard InChI is InChI=1S/C30H26N2O6S/c1-35-24-9-6-10-25(36-2)27(24)29(33)31-20-11-14-22(15-12-20)39-28(19-7-4-3-5-8-19)30(34)32-21-13-16-23-26(17-21)38-18-37-23/h3-17,28H,18H2,1-2H3,(H,31,33)(H,32,34). The Labute approximate surface area is 230 Å². The maximum Gasteiger partial charge on any atom is 0.263 e. The smallest absolute Gasteiger partial charge is 0.263 e. The number of carbonyl (C=O) groups is 2. The summed E-state index contributed by atoms with van der Waals surface area (Å²) in [6, 6.07) is 27.4. The number of amides is 2. The van der Waals surface area contributed by atoms with E-state index in [9.17, 15) is 9.59 Å². The lowest BCUT2D eigenvalue weighted by Crippen LogP contribution is -2.19. The fraction of sp³-hybridized carbons (Fsp3) is 0.133. The molecule has 4 aromatic rings. The monoisotopic (exact) mass is 542 g/mol. The zero-order valence-corrected chi connectivity index (χ0v) is 22.1. The Morgan fingerprint density at radius 2 is 1.44 bits per heavy atom. The predicted octanol–water partition coefficient (Wildman–Crippen LogP) is 6.16. The van der Waals surface area contributed by atoms with Crippen molar-refractivity contribution >= 4 is 35.0 Å². The second-order valence-electron chi connectivity index (χ2n) is 8.48. The van der Waals surface area contributed by atoms with Crippen LogP contribution in [0.4, 0.5) is 11.4 Å². The molecule has 1 unspecified atom stereocenters. The van der Waals surface area contributed by atoms with E-state index in [1.165, 1.54) is 26.0 Å². The largest absolute Gasteiger partial charge is 0.496 e. The van der Waals surface area contributed by atoms with E-state index in [4.69, 9.17) is 18.9 Å². The number of rotatable bonds is 9. The summed E-state index contributed by atoms with van der Waals surface area (Å²) in [7, 11) is 3.01. The molecule has 0 fully saturated rings. The predicted molar refractivity (Wildman–Crippen MR) is 150 cm³/mol. The minimum Gasteiger partial charge on any atom is -0.496 e. The van der Waals surface area contributed by atoms with Crippen LogP contribution >= 0.6 is 11.8 Å². The number of anilines is 2. The number of hydrogen-bond acceptors (Lipinski definition) is 7. The fourth-order valence-corrected chi connectivity index (χ4v) is 5.13. The Balaban J connectivity index is 1.32. The average Bonchev–Trinajstić information content (AvgIpc) is 3.44. The maximum absolute atomic E-state index is 13.4. The molecular formula is C30H26N2O6S. The minimum atomic E-state index is -0.519. The lowest BCUT2D eigenvalue weighted by Gasteiger charge is -2.18. The van der Waals surface area contributed by atoms with Gasteiger partial charge >= 0.3 is 0 Å². The van der Waals surface area contributed by atoms with Crippen LogP contribution in [-0.4, -0.2) is 32.8 Å². The van der Waals surface area contributed by atoms with Crippen molar-refractivity contribution in [3.8, 4) is 23.0 Å². The summed E-state index contributed by atoms with van der Waals surface area (Å²) in [5.74, 6) is 1.55. The first-order valence-electron chi connectivity index (χ1n) is 12.1. The van der Waals surface area contributed by atoms with Crippen LogP contribution in [0.5, 0.6) is 23.0 Å². The van der Waals surface area contributed by atoms with E-state index in [0.717, 1.165) is 10.5 Å². The van der Waals surface area contributed by atoms with E-state index >= 15 is 0 Å². The number of carbonyl (C=O) groups excluding carboxylic acids is 2. The fourth-order valence-electron chi connectivity index (χ4n) is 4.10. The van der Waals surface area contributed by atoms with Crippen molar-refractivity contribution in [3.05, 3.63) is 102 Å². The maximum atomic E-state index is 13.4. The zero-order chi connectivity index (χ0) is 27.2. The molecule has 4 aromatic carbocycles. The molecule has 2 amide bonds. The third-order valence-electron chi connectivity index (χ3n) is 6.00. The van der Waals surface area contributed by atoms with Gasteiger partial charge in [-0.15, -0.1) is 11.8 Å². The Hall–Kier alpha value is -4.63. The second-order valence-corrected chi connectivity index (χ2v) is 9.66. The summed E-state index contributed by atoms with van der Waals surface area (Å²) < 4.78 is 21.5. The molecule has 1 aliphatic rings. The summed E-state index contributed by atoms with van der Waals surface area (Å²) in [5, 5.41) is 5.36. The molecule has 0 aromatic heterocycles. The summed E-state index contributed by atoms with van der Waals surface area (Å²) in [4.78, 5) is 27.3. The van der Waals surface area contributed by atoms with Crippen LogP contribution in [0.25, 0.3) is 0 Å². The van der Waals surface area contributed by atoms with Gasteiger partial charge in [-0.2, -0.15) is 0 Å². The number of fused-ring (bicyclic) bond motifs is 1. The molecule has 198 valence electrons. The SMILES string of the molecule is COc1cccc(OC)c1C(=O)Nc1ccc(SC(C(=O)Nc2ccc3c(c2)OCO3)c2ccccc2)cc1. The van der Waals surface area contributed by atoms with Gasteiger partial charge < -0.3 is 29.6 Å². The third-order valence-corrected chi connectivity index (χ3v) is 7.27. The highest BCUT2D eigenvalue weighted by molar-refractivity contribution is 8.00. The van der Waals surface area contributed by atoms with Gasteiger partial charge in [-0.1, -0.05) is 36.4 Å². The molecule has 0 saturated carbocycles. The third kappa shape index (κ3) is 5.94. The van der Waals surface area contributed by atoms with Crippen molar-refractivity contribution in [2.45, 2.75) is 10.1 Å². The lowest BCUT2D eigenvalue weighted by molar-refractivity contribution is -0.115. The van der Waals surface area contributed by atoms with E-state index in [1.54, 1.807) is 48.5 Å². The number of ether oxygens (including phenoxy) is 4. The van der Waals surface area contributed by atoms with Crippen LogP contribution in [0.2, 0.25) is 0 Å². The molecule has 39 heavy (non-hydrogen) atoms. The van der Waals surface area contributed by atoms with Crippen LogP contribution in [-0.2, 0) is 4.79 Å². The Morgan fingerprint density at radius 3 is 2.13 bits per heavy atom. The van der Waals surface area contributed by atoms with Gasteiger partial charge in [-0.05, 0) is 54.1 Å². The Morgan fingerprint density at radius 1 is 0.769 bits per heavy atom. The highest BCUT2D eigenvalue weighted by atomic mass is 32.2. The van der Waals surface area contributed by atoms with Gasteiger partial charge in [-0.3, -0.25) is 9.59 Å². The van der Waals surface area contributed by atoms with E-state index in [2.05, 4.69) is 10.6 Å². The van der Waals surface area contributed by atoms with Crippen molar-refractivity contribution in [1.29, 1.82) is 0 Å². The Bertz CT molecular complexity index is 1450. The Kier molecular flexibility index (Phi) is 7.88. The first-order chi connectivity index (χ1) is 19.1. The summed E-state index contributed by atoms with van der Waals surface area (Å²) in [6.07, 6.45) is 0. The highest BCUT2D eigenvalue weighted by Crippen LogP contribution is 2.38. The number of benzene rings is 4. The molecule has 0 spiro atoms. The second kappa shape index (κ2) is 11.8. The normalized spacial score (nSPS) is 12.4. The molecule has 1 atom stereocenters. The van der Waals surface area contributed by atoms with Gasteiger partial charge in [0.05, 0.1) is 14.2 Å². The van der Waals surface area contributed by atoms with Crippen LogP contribution in [0.1, 0.15) is 21.2 Å². The van der Waals surface area contributed by atoms with Crippen molar-refractivity contribution in [2.75, 3.05) is 31.6 Å². The van der Waals surface area contributed by atoms with E-state index in [-0.39, 0.29) is 18.6 Å². The van der Waals surface area contributed by atoms with Crippen LogP contribution in [0.3, 0.4) is 0 Å². The molecule has 8 nitrogen and oxygen atoms in total. The van der Waals surface area contributed by atoms with Gasteiger partial charge in [-0.25, -0.2) is 0 Å². The van der Waals surface area contributed by atoms with Gasteiger partial charge in [0.25, 0.3) is 5.91 Å². The number of thioether (sulfide) groups is 1. The van der Waals surface area contributed by atoms with Crippen molar-refractivity contribution in [3.63, 3.8) is 0 Å². The minimum absolute atomic E-state index is 0.165. The van der Waals surface area contributed by atoms with Gasteiger partial charge in [0.2, 0.25) is 12.7 Å². The molecule has 1 aliphatic heterocycles. The van der Waals surface area contributed by atoms with Crippen molar-refractivity contribution in [2.24, 2.45) is 0 Å². The summed E-state index contributed by atoms with van der Waals surface area (Å²) in [6.45, 7) is 0.165. The average molecular weight is 543 g/mol. The number of nitrogens with one attached hydrogen (secondary N) is 2. The summed E-state index contributed by atoms with van der Waals surface area (Å²) >= 11 is 1.41. The molecule has 2 N–H and O–H groups in total. The first-order valence-corrected chi connectivity index (χ1v) is 13.0. The molecule has 0 saturated heterocycles. The molecular weight excluding hydrogens is 516 g/mol. The van der Waals surface area contributed by atoms with Crippen LogP contribution < -0.4 is 29.6 Å². The van der Waals surface area contributed by atoms with E-state index < -0.39 is 5.25 Å². The van der Waals surface area contributed by atoms with E-state index in [1.807, 2.05) is 42.5 Å². The first kappa shape index (κ1) is 26.0. The van der Waals surface area contributed by atoms with Gasteiger partial charge in [0, 0.05) is 22.3 Å². The molecule has 0 aliphatic carbocycles. The lowest BCUT2D eigenvalue weighted by atomic mass is 10.1. The summed E-state index contributed by atoms with van der Waals surface area (Å²) in [5.41, 5.74) is 2.39. The van der Waals surface area contributed by atoms with Crippen LogP contribution in [0, 0.1) is 0 Å². The van der Waals surface area contributed by atoms with Crippen molar-refractivity contribution < 1.29 is 28.5 Å². The quantitative estimate of drug-likeness (QED) is 0.245. The molecule has 0 bridgehead atoms. The molecule has 1 heterocycles. The number of methoxy groups -OCH3 is 2. The van der Waals surface area contributed by atoms with E-state index in [0.29, 0.717) is 39.9 Å². The molecule has 9 heteroatoms. The van der Waals surface area contributed by atoms with Crippen molar-refractivity contribution in [1.82, 2.24) is 0 Å². The van der Waals surface area contributed by atoms with Crippen LogP contribution in [0.15, 0.2) is 95.9 Å².